The number of nitrogens with two attached hydrogens (primary N) is 1. The molecule has 2 rings (SSSR count). The molecule has 1 fully saturated rings. The van der Waals surface area contributed by atoms with Crippen LogP contribution >= 0.6 is 11.3 Å². The Morgan fingerprint density at radius 3 is 2.69 bits per heavy atom. The number of rotatable bonds is 2. The highest BCUT2D eigenvalue weighted by atomic mass is 32.1. The third kappa shape index (κ3) is 1.62. The van der Waals surface area contributed by atoms with Crippen molar-refractivity contribution in [3.8, 4) is 0 Å². The minimum absolute atomic E-state index is 0.530. The van der Waals surface area contributed by atoms with Crippen LogP contribution in [-0.2, 0) is 21.8 Å². The van der Waals surface area contributed by atoms with Crippen molar-refractivity contribution in [3.05, 3.63) is 21.9 Å². The lowest BCUT2D eigenvalue weighted by Crippen LogP contribution is -2.20. The van der Waals surface area contributed by atoms with Gasteiger partial charge in [-0.05, 0) is 19.1 Å². The zero-order valence-corrected chi connectivity index (χ0v) is 8.39. The van der Waals surface area contributed by atoms with Crippen molar-refractivity contribution in [3.63, 3.8) is 0 Å². The predicted octanol–water partition coefficient (Wildman–Crippen LogP) is 1.43. The third-order valence-corrected chi connectivity index (χ3v) is 3.44. The van der Waals surface area contributed by atoms with Crippen LogP contribution in [0.5, 0.6) is 0 Å². The van der Waals surface area contributed by atoms with Crippen molar-refractivity contribution in [2.45, 2.75) is 19.3 Å². The van der Waals surface area contributed by atoms with Crippen molar-refractivity contribution in [1.29, 1.82) is 0 Å². The third-order valence-electron chi connectivity index (χ3n) is 2.15. The molecule has 1 aromatic rings. The Labute approximate surface area is 81.5 Å². The standard InChI is InChI=1S/C9H13NO2S/c1-9(11-4-5-12-9)8-3-2-7(6-10)13-8/h2-3H,4-6,10H2,1H3. The molecule has 72 valence electrons. The van der Waals surface area contributed by atoms with Crippen molar-refractivity contribution in [2.24, 2.45) is 5.73 Å². The Balaban J connectivity index is 2.23. The summed E-state index contributed by atoms with van der Waals surface area (Å²) in [6, 6.07) is 4.05. The second-order valence-corrected chi connectivity index (χ2v) is 4.28. The van der Waals surface area contributed by atoms with Gasteiger partial charge in [-0.3, -0.25) is 0 Å². The normalized spacial score (nSPS) is 20.8. The maximum Gasteiger partial charge on any atom is 0.201 e. The van der Waals surface area contributed by atoms with Crippen molar-refractivity contribution < 1.29 is 9.47 Å². The fourth-order valence-electron chi connectivity index (χ4n) is 1.39. The van der Waals surface area contributed by atoms with Gasteiger partial charge in [-0.2, -0.15) is 0 Å². The molecule has 13 heavy (non-hydrogen) atoms. The van der Waals surface area contributed by atoms with E-state index in [0.29, 0.717) is 19.8 Å². The molecule has 0 amide bonds. The van der Waals surface area contributed by atoms with Crippen molar-refractivity contribution in [1.82, 2.24) is 0 Å². The Morgan fingerprint density at radius 2 is 2.15 bits per heavy atom. The summed E-state index contributed by atoms with van der Waals surface area (Å²) in [4.78, 5) is 2.26. The Morgan fingerprint density at radius 1 is 1.46 bits per heavy atom. The molecule has 1 saturated heterocycles. The molecule has 0 aliphatic carbocycles. The minimum atomic E-state index is -0.530. The minimum Gasteiger partial charge on any atom is -0.343 e. The smallest absolute Gasteiger partial charge is 0.201 e. The van der Waals surface area contributed by atoms with Crippen LogP contribution in [0.4, 0.5) is 0 Å². The van der Waals surface area contributed by atoms with Crippen LogP contribution in [0.25, 0.3) is 0 Å². The molecule has 2 heterocycles. The van der Waals surface area contributed by atoms with Gasteiger partial charge in [-0.25, -0.2) is 0 Å². The van der Waals surface area contributed by atoms with E-state index in [2.05, 4.69) is 0 Å². The molecule has 0 saturated carbocycles. The van der Waals surface area contributed by atoms with E-state index in [1.807, 2.05) is 19.1 Å². The second kappa shape index (κ2) is 3.38. The van der Waals surface area contributed by atoms with Crippen LogP contribution < -0.4 is 5.73 Å². The second-order valence-electron chi connectivity index (χ2n) is 3.11. The van der Waals surface area contributed by atoms with Crippen LogP contribution in [0.2, 0.25) is 0 Å². The Hall–Kier alpha value is -0.420. The quantitative estimate of drug-likeness (QED) is 0.783. The van der Waals surface area contributed by atoms with Crippen molar-refractivity contribution >= 4 is 11.3 Å². The summed E-state index contributed by atoms with van der Waals surface area (Å²) in [5, 5.41) is 0. The lowest BCUT2D eigenvalue weighted by atomic mass is 10.2. The van der Waals surface area contributed by atoms with Gasteiger partial charge in [0.25, 0.3) is 0 Å². The van der Waals surface area contributed by atoms with E-state index in [1.165, 1.54) is 0 Å². The molecule has 1 aromatic heterocycles. The Kier molecular flexibility index (Phi) is 2.38. The summed E-state index contributed by atoms with van der Waals surface area (Å²) < 4.78 is 11.1. The van der Waals surface area contributed by atoms with Gasteiger partial charge in [0.1, 0.15) is 0 Å². The average Bonchev–Trinajstić information content (AvgIpc) is 2.72. The first-order valence-corrected chi connectivity index (χ1v) is 5.13. The Bertz CT molecular complexity index is 292. The lowest BCUT2D eigenvalue weighted by Gasteiger charge is -2.20. The average molecular weight is 199 g/mol. The van der Waals surface area contributed by atoms with Crippen LogP contribution in [0, 0.1) is 0 Å². The van der Waals surface area contributed by atoms with Crippen LogP contribution in [0.3, 0.4) is 0 Å². The topological polar surface area (TPSA) is 44.5 Å². The molecule has 0 atom stereocenters. The summed E-state index contributed by atoms with van der Waals surface area (Å²) in [6.45, 7) is 3.88. The molecule has 2 N–H and O–H groups in total. The van der Waals surface area contributed by atoms with Gasteiger partial charge in [0.15, 0.2) is 0 Å². The highest BCUT2D eigenvalue weighted by Crippen LogP contribution is 2.35. The summed E-state index contributed by atoms with van der Waals surface area (Å²) in [5.41, 5.74) is 5.53. The summed E-state index contributed by atoms with van der Waals surface area (Å²) in [5.74, 6) is -0.530. The van der Waals surface area contributed by atoms with Gasteiger partial charge >= 0.3 is 0 Å². The first-order chi connectivity index (χ1) is 6.24. The molecule has 0 unspecified atom stereocenters. The van der Waals surface area contributed by atoms with Gasteiger partial charge in [0.05, 0.1) is 18.1 Å². The van der Waals surface area contributed by atoms with Crippen LogP contribution in [0.15, 0.2) is 12.1 Å². The molecular formula is C9H13NO2S. The molecular weight excluding hydrogens is 186 g/mol. The predicted molar refractivity (Wildman–Crippen MR) is 51.5 cm³/mol. The molecule has 3 nitrogen and oxygen atoms in total. The number of thiophene rings is 1. The van der Waals surface area contributed by atoms with E-state index >= 15 is 0 Å². The first kappa shape index (κ1) is 9.15. The van der Waals surface area contributed by atoms with Crippen molar-refractivity contribution in [2.75, 3.05) is 13.2 Å². The van der Waals surface area contributed by atoms with Gasteiger partial charge in [-0.15, -0.1) is 11.3 Å². The van der Waals surface area contributed by atoms with E-state index in [0.717, 1.165) is 9.75 Å². The van der Waals surface area contributed by atoms with E-state index in [9.17, 15) is 0 Å². The maximum absolute atomic E-state index is 5.53. The van der Waals surface area contributed by atoms with Crippen LogP contribution in [0.1, 0.15) is 16.7 Å². The van der Waals surface area contributed by atoms with E-state index < -0.39 is 5.79 Å². The summed E-state index contributed by atoms with van der Waals surface area (Å²) >= 11 is 1.65. The highest BCUT2D eigenvalue weighted by molar-refractivity contribution is 7.12. The zero-order chi connectivity index (χ0) is 9.31. The molecule has 0 bridgehead atoms. The van der Waals surface area contributed by atoms with E-state index in [4.69, 9.17) is 15.2 Å². The summed E-state index contributed by atoms with van der Waals surface area (Å²) in [7, 11) is 0. The zero-order valence-electron chi connectivity index (χ0n) is 7.58. The number of hydrogen-bond donors (Lipinski definition) is 1. The van der Waals surface area contributed by atoms with E-state index in [-0.39, 0.29) is 0 Å². The molecule has 1 aliphatic rings. The number of ether oxygens (including phenoxy) is 2. The van der Waals surface area contributed by atoms with Gasteiger partial charge in [0.2, 0.25) is 5.79 Å². The fraction of sp³-hybridized carbons (Fsp3) is 0.556. The summed E-state index contributed by atoms with van der Waals surface area (Å²) in [6.07, 6.45) is 0. The van der Waals surface area contributed by atoms with Crippen LogP contribution in [-0.4, -0.2) is 13.2 Å². The molecule has 0 spiro atoms. The SMILES string of the molecule is CC1(c2ccc(CN)s2)OCCO1. The van der Waals surface area contributed by atoms with Gasteiger partial charge in [0, 0.05) is 11.4 Å². The molecule has 1 aliphatic heterocycles. The first-order valence-electron chi connectivity index (χ1n) is 4.32. The van der Waals surface area contributed by atoms with Gasteiger partial charge < -0.3 is 15.2 Å². The lowest BCUT2D eigenvalue weighted by molar-refractivity contribution is -0.146. The molecule has 4 heteroatoms. The fourth-order valence-corrected chi connectivity index (χ4v) is 2.33. The molecule has 0 aromatic carbocycles. The largest absolute Gasteiger partial charge is 0.343 e. The number of hydrogen-bond acceptors (Lipinski definition) is 4. The maximum atomic E-state index is 5.53. The molecule has 0 radical (unpaired) electrons. The highest BCUT2D eigenvalue weighted by Gasteiger charge is 2.34. The van der Waals surface area contributed by atoms with E-state index in [1.54, 1.807) is 11.3 Å². The monoisotopic (exact) mass is 199 g/mol. The van der Waals surface area contributed by atoms with Gasteiger partial charge in [-0.1, -0.05) is 0 Å².